The van der Waals surface area contributed by atoms with Crippen LogP contribution >= 0.6 is 0 Å². The highest BCUT2D eigenvalue weighted by Crippen LogP contribution is 2.21. The molecule has 2 aromatic rings. The van der Waals surface area contributed by atoms with E-state index in [0.717, 1.165) is 74.3 Å². The van der Waals surface area contributed by atoms with Gasteiger partial charge in [-0.3, -0.25) is 4.99 Å². The largest absolute Gasteiger partial charge is 0.493 e. The fourth-order valence-corrected chi connectivity index (χ4v) is 3.93. The molecule has 0 fully saturated rings. The Morgan fingerprint density at radius 1 is 1.19 bits per heavy atom. The summed E-state index contributed by atoms with van der Waals surface area (Å²) in [6.07, 6.45) is 7.79. The van der Waals surface area contributed by atoms with Gasteiger partial charge in [0.1, 0.15) is 17.4 Å². The van der Waals surface area contributed by atoms with Gasteiger partial charge < -0.3 is 19.9 Å². The minimum Gasteiger partial charge on any atom is -0.493 e. The van der Waals surface area contributed by atoms with Crippen LogP contribution in [0.4, 0.5) is 0 Å². The molecule has 0 amide bonds. The van der Waals surface area contributed by atoms with Crippen LogP contribution in [0.25, 0.3) is 0 Å². The summed E-state index contributed by atoms with van der Waals surface area (Å²) < 4.78 is 8.41. The Labute approximate surface area is 193 Å². The topological polar surface area (TPSA) is 76.4 Å². The molecule has 3 rings (SSSR count). The summed E-state index contributed by atoms with van der Waals surface area (Å²) in [6.45, 7) is 9.86. The maximum absolute atomic E-state index is 6.07. The molecule has 0 aliphatic carbocycles. The van der Waals surface area contributed by atoms with Crippen LogP contribution in [-0.2, 0) is 25.9 Å². The molecule has 1 aliphatic rings. The van der Waals surface area contributed by atoms with Crippen molar-refractivity contribution in [1.29, 1.82) is 0 Å². The fourth-order valence-electron chi connectivity index (χ4n) is 3.93. The summed E-state index contributed by atoms with van der Waals surface area (Å²) >= 11 is 0. The van der Waals surface area contributed by atoms with Crippen LogP contribution in [0.5, 0.6) is 5.75 Å². The number of hydrogen-bond donors (Lipinski definition) is 2. The molecule has 1 aromatic carbocycles. The van der Waals surface area contributed by atoms with Crippen LogP contribution in [0, 0.1) is 12.8 Å². The molecule has 0 spiro atoms. The maximum atomic E-state index is 6.07. The second kappa shape index (κ2) is 12.5. The lowest BCUT2D eigenvalue weighted by Crippen LogP contribution is -2.37. The predicted molar refractivity (Wildman–Crippen MR) is 130 cm³/mol. The van der Waals surface area contributed by atoms with Gasteiger partial charge in [0.2, 0.25) is 0 Å². The van der Waals surface area contributed by atoms with Gasteiger partial charge in [-0.1, -0.05) is 32.4 Å². The summed E-state index contributed by atoms with van der Waals surface area (Å²) in [7, 11) is 1.81. The third-order valence-electron chi connectivity index (χ3n) is 5.90. The lowest BCUT2D eigenvalue weighted by molar-refractivity contribution is 0.286. The minimum absolute atomic E-state index is 0.636. The summed E-state index contributed by atoms with van der Waals surface area (Å²) in [5.74, 6) is 4.68. The molecule has 1 aromatic heterocycles. The number of rotatable bonds is 10. The number of nitrogens with one attached hydrogen (secondary N) is 2. The van der Waals surface area contributed by atoms with Crippen molar-refractivity contribution in [2.75, 3.05) is 20.2 Å². The average molecular weight is 441 g/mol. The van der Waals surface area contributed by atoms with Crippen molar-refractivity contribution in [2.45, 2.75) is 78.8 Å². The van der Waals surface area contributed by atoms with Crippen molar-refractivity contribution in [3.8, 4) is 5.75 Å². The summed E-state index contributed by atoms with van der Waals surface area (Å²) in [6, 6.07) is 6.39. The zero-order valence-corrected chi connectivity index (χ0v) is 20.3. The van der Waals surface area contributed by atoms with Crippen molar-refractivity contribution in [3.05, 3.63) is 41.0 Å². The molecule has 32 heavy (non-hydrogen) atoms. The number of aliphatic imine (C=N–C) groups is 1. The van der Waals surface area contributed by atoms with E-state index < -0.39 is 0 Å². The van der Waals surface area contributed by atoms with E-state index in [2.05, 4.69) is 69.4 Å². The number of ether oxygens (including phenoxy) is 1. The molecule has 0 atom stereocenters. The first-order chi connectivity index (χ1) is 15.6. The Morgan fingerprint density at radius 2 is 2.06 bits per heavy atom. The molecule has 176 valence electrons. The summed E-state index contributed by atoms with van der Waals surface area (Å²) in [4.78, 5) is 4.37. The van der Waals surface area contributed by atoms with Crippen LogP contribution < -0.4 is 15.4 Å². The second-order valence-corrected chi connectivity index (χ2v) is 9.09. The molecule has 2 N–H and O–H groups in total. The lowest BCUT2D eigenvalue weighted by Gasteiger charge is -2.16. The van der Waals surface area contributed by atoms with Crippen molar-refractivity contribution in [1.82, 2.24) is 25.4 Å². The first kappa shape index (κ1) is 24.1. The third-order valence-corrected chi connectivity index (χ3v) is 5.90. The monoisotopic (exact) mass is 440 g/mol. The van der Waals surface area contributed by atoms with Crippen LogP contribution in [-0.4, -0.2) is 40.9 Å². The Morgan fingerprint density at radius 3 is 2.88 bits per heavy atom. The second-order valence-electron chi connectivity index (χ2n) is 9.09. The number of guanidine groups is 1. The van der Waals surface area contributed by atoms with Gasteiger partial charge >= 0.3 is 0 Å². The molecule has 0 radical (unpaired) electrons. The van der Waals surface area contributed by atoms with Crippen molar-refractivity contribution < 1.29 is 4.74 Å². The molecule has 7 heteroatoms. The smallest absolute Gasteiger partial charge is 0.191 e. The first-order valence-corrected chi connectivity index (χ1v) is 12.1. The normalized spacial score (nSPS) is 14.2. The van der Waals surface area contributed by atoms with E-state index >= 15 is 0 Å². The maximum Gasteiger partial charge on any atom is 0.191 e. The van der Waals surface area contributed by atoms with Gasteiger partial charge in [-0.25, -0.2) is 0 Å². The Bertz CT molecular complexity index is 873. The summed E-state index contributed by atoms with van der Waals surface area (Å²) in [5, 5.41) is 15.7. The van der Waals surface area contributed by atoms with Crippen LogP contribution in [0.2, 0.25) is 0 Å². The van der Waals surface area contributed by atoms with Gasteiger partial charge in [-0.15, -0.1) is 10.2 Å². The molecule has 2 heterocycles. The van der Waals surface area contributed by atoms with Crippen molar-refractivity contribution in [2.24, 2.45) is 10.9 Å². The van der Waals surface area contributed by atoms with E-state index in [1.165, 1.54) is 24.8 Å². The molecule has 0 saturated heterocycles. The van der Waals surface area contributed by atoms with Crippen molar-refractivity contribution >= 4 is 5.96 Å². The van der Waals surface area contributed by atoms with E-state index in [1.807, 2.05) is 7.05 Å². The summed E-state index contributed by atoms with van der Waals surface area (Å²) in [5.41, 5.74) is 2.36. The van der Waals surface area contributed by atoms with Gasteiger partial charge in [0, 0.05) is 45.1 Å². The lowest BCUT2D eigenvalue weighted by atomic mass is 10.1. The third kappa shape index (κ3) is 7.24. The quantitative estimate of drug-likeness (QED) is 0.331. The first-order valence-electron chi connectivity index (χ1n) is 12.1. The highest BCUT2D eigenvalue weighted by Gasteiger charge is 2.14. The van der Waals surface area contributed by atoms with Gasteiger partial charge in [-0.2, -0.15) is 0 Å². The van der Waals surface area contributed by atoms with Gasteiger partial charge in [0.15, 0.2) is 5.96 Å². The SMILES string of the molecule is CN=C(NCCCc1nnc2n1CCCCC2)NCc1ccc(C)cc1OCCC(C)C. The highest BCUT2D eigenvalue weighted by atomic mass is 16.5. The van der Waals surface area contributed by atoms with Crippen LogP contribution in [0.3, 0.4) is 0 Å². The van der Waals surface area contributed by atoms with Gasteiger partial charge in [0.05, 0.1) is 6.61 Å². The molecular formula is C25H40N6O. The van der Waals surface area contributed by atoms with Crippen molar-refractivity contribution in [3.63, 3.8) is 0 Å². The molecular weight excluding hydrogens is 400 g/mol. The number of nitrogens with zero attached hydrogens (tertiary/aromatic N) is 4. The number of fused-ring (bicyclic) bond motifs is 1. The van der Waals surface area contributed by atoms with Crippen LogP contribution in [0.1, 0.15) is 68.7 Å². The van der Waals surface area contributed by atoms with E-state index in [-0.39, 0.29) is 0 Å². The number of hydrogen-bond acceptors (Lipinski definition) is 4. The number of aryl methyl sites for hydroxylation is 3. The highest BCUT2D eigenvalue weighted by molar-refractivity contribution is 5.79. The minimum atomic E-state index is 0.636. The molecule has 7 nitrogen and oxygen atoms in total. The molecule has 0 unspecified atom stereocenters. The van der Waals surface area contributed by atoms with Gasteiger partial charge in [-0.05, 0) is 50.2 Å². The van der Waals surface area contributed by atoms with Crippen LogP contribution in [0.15, 0.2) is 23.2 Å². The predicted octanol–water partition coefficient (Wildman–Crippen LogP) is 4.04. The molecule has 0 saturated carbocycles. The average Bonchev–Trinajstić information content (AvgIpc) is 2.99. The zero-order chi connectivity index (χ0) is 22.8. The fraction of sp³-hybridized carbons (Fsp3) is 0.640. The number of aromatic nitrogens is 3. The zero-order valence-electron chi connectivity index (χ0n) is 20.3. The van der Waals surface area contributed by atoms with E-state index in [0.29, 0.717) is 12.5 Å². The van der Waals surface area contributed by atoms with E-state index in [4.69, 9.17) is 4.74 Å². The molecule has 0 bridgehead atoms. The standard InChI is InChI=1S/C25H40N6O/c1-19(2)13-16-32-22-17-20(3)11-12-21(22)18-28-25(26-4)27-14-8-10-24-30-29-23-9-6-5-7-15-31(23)24/h11-12,17,19H,5-10,13-16,18H2,1-4H3,(H2,26,27,28). The van der Waals surface area contributed by atoms with E-state index in [9.17, 15) is 0 Å². The molecule has 1 aliphatic heterocycles. The Balaban J connectivity index is 1.45. The Kier molecular flexibility index (Phi) is 9.38. The van der Waals surface area contributed by atoms with E-state index in [1.54, 1.807) is 0 Å². The van der Waals surface area contributed by atoms with Gasteiger partial charge in [0.25, 0.3) is 0 Å². The Hall–Kier alpha value is -2.57. The number of benzene rings is 1.